The first-order chi connectivity index (χ1) is 28.1. The van der Waals surface area contributed by atoms with Gasteiger partial charge in [0.1, 0.15) is 0 Å². The second kappa shape index (κ2) is 8.35. The first-order valence-electron chi connectivity index (χ1n) is 22.5. The summed E-state index contributed by atoms with van der Waals surface area (Å²) < 4.78 is 5.79. The molecule has 0 aromatic heterocycles. The van der Waals surface area contributed by atoms with Crippen molar-refractivity contribution in [2.24, 2.45) is 29.1 Å². The van der Waals surface area contributed by atoms with Gasteiger partial charge in [-0.15, -0.1) is 10.5 Å². The Morgan fingerprint density at radius 1 is 0.877 bits per heavy atom. The largest absolute Gasteiger partial charge is 0.466 e. The maximum Gasteiger partial charge on any atom is 0.305 e. The monoisotopic (exact) mass is 752 g/mol. The van der Waals surface area contributed by atoms with Crippen LogP contribution in [-0.2, 0) is 14.9 Å². The van der Waals surface area contributed by atoms with Crippen LogP contribution in [0.25, 0.3) is 70.4 Å². The summed E-state index contributed by atoms with van der Waals surface area (Å²) in [6.45, 7) is 2.72. The van der Waals surface area contributed by atoms with Gasteiger partial charge in [0.2, 0.25) is 0 Å². The number of benzene rings is 5. The summed E-state index contributed by atoms with van der Waals surface area (Å²) in [5.41, 5.74) is 17.4. The number of fused-ring (bicyclic) bond motifs is 1. The van der Waals surface area contributed by atoms with Crippen molar-refractivity contribution in [1.82, 2.24) is 0 Å². The van der Waals surface area contributed by atoms with Gasteiger partial charge in [-0.05, 0) is 183 Å². The lowest BCUT2D eigenvalue weighted by atomic mass is 9.58. The topological polar surface area (TPSA) is 26.3 Å². The van der Waals surface area contributed by atoms with Gasteiger partial charge in [-0.3, -0.25) is 4.79 Å². The third-order valence-corrected chi connectivity index (χ3v) is 20.9. The summed E-state index contributed by atoms with van der Waals surface area (Å²) in [5.74, 6) is 8.84. The Bertz CT molecular complexity index is 3540. The Kier molecular flexibility index (Phi) is 4.23. The van der Waals surface area contributed by atoms with E-state index in [1.807, 2.05) is 16.7 Å². The lowest BCUT2D eigenvalue weighted by Gasteiger charge is -2.45. The van der Waals surface area contributed by atoms with Crippen molar-refractivity contribution >= 4 is 92.7 Å². The van der Waals surface area contributed by atoms with Gasteiger partial charge in [-0.1, -0.05) is 61.2 Å². The highest BCUT2D eigenvalue weighted by atomic mass is 32.2. The van der Waals surface area contributed by atoms with Crippen molar-refractivity contribution in [3.63, 3.8) is 0 Å². The molecule has 2 nitrogen and oxygen atoms in total. The fourth-order valence-corrected chi connectivity index (χ4v) is 19.8. The van der Waals surface area contributed by atoms with Crippen LogP contribution in [0.15, 0.2) is 69.7 Å². The molecule has 1 aliphatic heterocycles. The Labute approximate surface area is 332 Å². The van der Waals surface area contributed by atoms with Gasteiger partial charge in [0, 0.05) is 56.6 Å². The molecule has 1 spiro atoms. The highest BCUT2D eigenvalue weighted by Gasteiger charge is 2.82. The molecule has 3 heteroatoms. The molecule has 10 atom stereocenters. The van der Waals surface area contributed by atoms with E-state index >= 15 is 0 Å². The minimum absolute atomic E-state index is 0.00684. The molecule has 18 rings (SSSR count). The van der Waals surface area contributed by atoms with Crippen LogP contribution in [0.3, 0.4) is 0 Å². The first kappa shape index (κ1) is 28.9. The summed E-state index contributed by atoms with van der Waals surface area (Å²) in [4.78, 5) is 16.5. The van der Waals surface area contributed by atoms with Crippen molar-refractivity contribution < 1.29 is 9.53 Å². The van der Waals surface area contributed by atoms with Crippen LogP contribution >= 0.6 is 10.5 Å². The van der Waals surface area contributed by atoms with Crippen molar-refractivity contribution in [3.8, 4) is 0 Å². The van der Waals surface area contributed by atoms with E-state index in [2.05, 4.69) is 55.5 Å². The second-order valence-corrected chi connectivity index (χ2v) is 22.2. The van der Waals surface area contributed by atoms with E-state index in [1.165, 1.54) is 23.4 Å². The predicted molar refractivity (Wildman–Crippen MR) is 232 cm³/mol. The van der Waals surface area contributed by atoms with E-state index in [9.17, 15) is 4.79 Å². The number of rotatable bonds is 8. The zero-order chi connectivity index (χ0) is 36.5. The third kappa shape index (κ3) is 2.44. The fourth-order valence-electron chi connectivity index (χ4n) is 18.0. The van der Waals surface area contributed by atoms with Crippen LogP contribution in [0.4, 0.5) is 0 Å². The molecule has 0 radical (unpaired) electrons. The summed E-state index contributed by atoms with van der Waals surface area (Å²) in [5, 5.41) is 19.4. The number of hydrogen-bond acceptors (Lipinski definition) is 2. The molecule has 2 fully saturated rings. The van der Waals surface area contributed by atoms with Crippen LogP contribution < -0.4 is 10.4 Å². The molecule has 11 aliphatic carbocycles. The van der Waals surface area contributed by atoms with Crippen molar-refractivity contribution in [2.75, 3.05) is 6.61 Å². The summed E-state index contributed by atoms with van der Waals surface area (Å²) in [6, 6.07) is 5.30. The summed E-state index contributed by atoms with van der Waals surface area (Å²) in [6.07, 6.45) is 25.4. The van der Waals surface area contributed by atoms with E-state index in [0.29, 0.717) is 54.5 Å². The molecule has 2 saturated carbocycles. The van der Waals surface area contributed by atoms with E-state index in [4.69, 9.17) is 10.6 Å². The molecule has 6 aromatic rings. The number of carbonyl (C=O) groups is 1. The predicted octanol–water partition coefficient (Wildman–Crippen LogP) is 11.0. The maximum atomic E-state index is 13.3. The van der Waals surface area contributed by atoms with E-state index < -0.39 is 0 Å². The van der Waals surface area contributed by atoms with Crippen LogP contribution in [-0.4, -0.2) is 18.4 Å². The van der Waals surface area contributed by atoms with Crippen LogP contribution in [0.1, 0.15) is 110 Å². The zero-order valence-corrected chi connectivity index (χ0v) is 33.0. The standard InChI is InChI=1S/C54H40O2S/c1-3-4-13-56-30(55)11-8-12-53(26-9-6-5-7-10-26)52-27-17-22-14-21-15-23-18-28-37-38-29(57(28)2)19-24-16-25-20-54(52,53)51-35(25)40-34(24)43(38)48-45(40)49-46-41(36(27)50(49)51)32(22)31(21)39-33(23)42(37)47(48)44(39)46/h6,9-10,15-17,19-20,22-23,32-33,36,41,52H,2-5,7-8,11-14,18H2,1H3. The summed E-state index contributed by atoms with van der Waals surface area (Å²) in [7, 11) is -0.122. The SMILES string of the molecule is C=S1C2=c3c4c5c6c7c8c9c%10c%11c(cc%12cc1c3c1c%12c%11c8c51)=CC%101C(C3=CC5CC8=CC(C2)C4C6=C8C5C7C39)C1(CCCC(=O)OCCCC)C1=CCCC=C1. The molecule has 0 amide bonds. The van der Waals surface area contributed by atoms with E-state index in [1.54, 1.807) is 102 Å². The van der Waals surface area contributed by atoms with E-state index in [0.717, 1.165) is 38.5 Å². The molecule has 12 aliphatic rings. The molecule has 6 aromatic carbocycles. The molecular formula is C54H40O2S. The van der Waals surface area contributed by atoms with Crippen molar-refractivity contribution in [1.29, 1.82) is 0 Å². The number of carbonyl (C=O) groups excluding carboxylic acids is 1. The fraction of sp³-hybridized carbons (Fsp3) is 0.370. The minimum Gasteiger partial charge on any atom is -0.466 e. The smallest absolute Gasteiger partial charge is 0.305 e. The summed E-state index contributed by atoms with van der Waals surface area (Å²) >= 11 is 0. The van der Waals surface area contributed by atoms with Crippen molar-refractivity contribution in [2.45, 2.75) is 92.8 Å². The lowest BCUT2D eigenvalue weighted by Crippen LogP contribution is -2.34. The Morgan fingerprint density at radius 2 is 1.77 bits per heavy atom. The molecular weight excluding hydrogens is 713 g/mol. The van der Waals surface area contributed by atoms with Gasteiger partial charge >= 0.3 is 5.97 Å². The Morgan fingerprint density at radius 3 is 2.67 bits per heavy atom. The van der Waals surface area contributed by atoms with E-state index in [-0.39, 0.29) is 27.3 Å². The molecule has 0 N–H and O–H groups in total. The van der Waals surface area contributed by atoms with Crippen LogP contribution in [0, 0.1) is 29.1 Å². The number of allylic oxidation sites excluding steroid dienone is 10. The minimum atomic E-state index is -0.122. The number of hydrogen-bond donors (Lipinski definition) is 0. The number of ether oxygens (including phenoxy) is 1. The molecule has 1 heterocycles. The van der Waals surface area contributed by atoms with Crippen molar-refractivity contribution in [3.05, 3.63) is 103 Å². The average molecular weight is 753 g/mol. The molecule has 0 saturated heterocycles. The maximum absolute atomic E-state index is 13.3. The first-order valence-corrected chi connectivity index (χ1v) is 23.9. The zero-order valence-electron chi connectivity index (χ0n) is 32.2. The third-order valence-electron chi connectivity index (χ3n) is 19.0. The quantitative estimate of drug-likeness (QED) is 0.0509. The highest BCUT2D eigenvalue weighted by molar-refractivity contribution is 8.22. The molecule has 274 valence electrons. The van der Waals surface area contributed by atoms with Gasteiger partial charge in [-0.25, -0.2) is 0 Å². The molecule has 10 unspecified atom stereocenters. The van der Waals surface area contributed by atoms with Gasteiger partial charge in [0.25, 0.3) is 0 Å². The lowest BCUT2D eigenvalue weighted by molar-refractivity contribution is -0.143. The van der Waals surface area contributed by atoms with Gasteiger partial charge in [0.05, 0.1) is 6.61 Å². The second-order valence-electron chi connectivity index (χ2n) is 20.5. The average Bonchev–Trinajstić information content (AvgIpc) is 3.88. The highest BCUT2D eigenvalue weighted by Crippen LogP contribution is 2.88. The molecule has 0 bridgehead atoms. The number of unbranched alkanes of at least 4 members (excludes halogenated alkanes) is 1. The molecule has 57 heavy (non-hydrogen) atoms. The normalized spacial score (nSPS) is 36.9. The van der Waals surface area contributed by atoms with Crippen LogP contribution in [0.5, 0.6) is 0 Å². The van der Waals surface area contributed by atoms with Gasteiger partial charge < -0.3 is 4.74 Å². The van der Waals surface area contributed by atoms with Crippen LogP contribution in [0.2, 0.25) is 0 Å². The van der Waals surface area contributed by atoms with Gasteiger partial charge in [-0.2, -0.15) is 0 Å². The Hall–Kier alpha value is -4.47. The Balaban J connectivity index is 1.03. The van der Waals surface area contributed by atoms with Gasteiger partial charge in [0.15, 0.2) is 0 Å². The number of esters is 1.